The summed E-state index contributed by atoms with van der Waals surface area (Å²) >= 11 is 0. The van der Waals surface area contributed by atoms with E-state index in [0.29, 0.717) is 17.8 Å². The third kappa shape index (κ3) is 2.28. The first-order valence-electron chi connectivity index (χ1n) is 5.95. The fourth-order valence-electron chi connectivity index (χ4n) is 2.67. The maximum atomic E-state index is 11.1. The van der Waals surface area contributed by atoms with Crippen LogP contribution in [0, 0.1) is 0 Å². The second-order valence-electron chi connectivity index (χ2n) is 4.93. The molecule has 0 aliphatic carbocycles. The van der Waals surface area contributed by atoms with Crippen molar-refractivity contribution in [3.63, 3.8) is 0 Å². The highest BCUT2D eigenvalue weighted by Gasteiger charge is 2.37. The lowest BCUT2D eigenvalue weighted by molar-refractivity contribution is 0.576. The van der Waals surface area contributed by atoms with Crippen molar-refractivity contribution in [2.75, 3.05) is 29.0 Å². The summed E-state index contributed by atoms with van der Waals surface area (Å²) in [7, 11) is -3.23. The molecule has 2 fully saturated rings. The standard InChI is InChI=1S/C11H16N4O2S/c1-18(16,17)14-8-2-3-11(13-5-8)15-7-9-4-10(15)6-12-9/h2-3,5,9-10,12,14H,4,6-7H2,1H3/t9-,10-/m0/s1. The lowest BCUT2D eigenvalue weighted by Gasteiger charge is -2.28. The van der Waals surface area contributed by atoms with E-state index < -0.39 is 10.0 Å². The number of pyridine rings is 1. The summed E-state index contributed by atoms with van der Waals surface area (Å²) in [6.45, 7) is 1.99. The quantitative estimate of drug-likeness (QED) is 0.807. The molecular formula is C11H16N4O2S. The Kier molecular flexibility index (Phi) is 2.67. The van der Waals surface area contributed by atoms with Gasteiger partial charge in [0.05, 0.1) is 18.1 Å². The van der Waals surface area contributed by atoms with Gasteiger partial charge in [-0.25, -0.2) is 13.4 Å². The van der Waals surface area contributed by atoms with Gasteiger partial charge in [0.2, 0.25) is 10.0 Å². The molecule has 3 heterocycles. The van der Waals surface area contributed by atoms with Crippen LogP contribution < -0.4 is 14.9 Å². The number of anilines is 2. The van der Waals surface area contributed by atoms with Gasteiger partial charge < -0.3 is 10.2 Å². The van der Waals surface area contributed by atoms with E-state index in [9.17, 15) is 8.42 Å². The van der Waals surface area contributed by atoms with E-state index in [0.717, 1.165) is 25.2 Å². The molecule has 2 bridgehead atoms. The Morgan fingerprint density at radius 2 is 2.33 bits per heavy atom. The van der Waals surface area contributed by atoms with E-state index >= 15 is 0 Å². The molecule has 18 heavy (non-hydrogen) atoms. The first-order valence-corrected chi connectivity index (χ1v) is 7.84. The van der Waals surface area contributed by atoms with Crippen LogP contribution in [0.1, 0.15) is 6.42 Å². The molecule has 2 N–H and O–H groups in total. The Morgan fingerprint density at radius 3 is 2.83 bits per heavy atom. The minimum atomic E-state index is -3.23. The third-order valence-electron chi connectivity index (χ3n) is 3.40. The number of piperazine rings is 1. The number of nitrogens with one attached hydrogen (secondary N) is 2. The summed E-state index contributed by atoms with van der Waals surface area (Å²) in [5, 5.41) is 3.44. The molecule has 0 aromatic carbocycles. The summed E-state index contributed by atoms with van der Waals surface area (Å²) in [5.74, 6) is 0.919. The Hall–Kier alpha value is -1.34. The monoisotopic (exact) mass is 268 g/mol. The van der Waals surface area contributed by atoms with Crippen molar-refractivity contribution < 1.29 is 8.42 Å². The summed E-state index contributed by atoms with van der Waals surface area (Å²) in [6.07, 6.45) is 3.87. The van der Waals surface area contributed by atoms with Crippen molar-refractivity contribution >= 4 is 21.5 Å². The summed E-state index contributed by atoms with van der Waals surface area (Å²) < 4.78 is 24.6. The van der Waals surface area contributed by atoms with Crippen molar-refractivity contribution in [3.05, 3.63) is 18.3 Å². The zero-order chi connectivity index (χ0) is 12.8. The highest BCUT2D eigenvalue weighted by molar-refractivity contribution is 7.92. The van der Waals surface area contributed by atoms with Crippen molar-refractivity contribution in [3.8, 4) is 0 Å². The summed E-state index contributed by atoms with van der Waals surface area (Å²) in [4.78, 5) is 6.62. The van der Waals surface area contributed by atoms with Crippen LogP contribution in [0.15, 0.2) is 18.3 Å². The Morgan fingerprint density at radius 1 is 1.50 bits per heavy atom. The van der Waals surface area contributed by atoms with Crippen LogP contribution in [0.5, 0.6) is 0 Å². The number of rotatable bonds is 3. The van der Waals surface area contributed by atoms with Crippen LogP contribution in [0.25, 0.3) is 0 Å². The number of hydrogen-bond donors (Lipinski definition) is 2. The summed E-state index contributed by atoms with van der Waals surface area (Å²) in [5.41, 5.74) is 0.503. The predicted molar refractivity (Wildman–Crippen MR) is 70.2 cm³/mol. The van der Waals surface area contributed by atoms with Crippen LogP contribution in [0.3, 0.4) is 0 Å². The minimum absolute atomic E-state index is 0.503. The summed E-state index contributed by atoms with van der Waals surface area (Å²) in [6, 6.07) is 4.72. The second-order valence-corrected chi connectivity index (χ2v) is 6.67. The minimum Gasteiger partial charge on any atom is -0.351 e. The molecule has 0 saturated carbocycles. The molecule has 2 saturated heterocycles. The van der Waals surface area contributed by atoms with Gasteiger partial charge in [0.1, 0.15) is 5.82 Å². The van der Waals surface area contributed by atoms with Gasteiger partial charge in [0.25, 0.3) is 0 Å². The zero-order valence-electron chi connectivity index (χ0n) is 10.1. The van der Waals surface area contributed by atoms with Gasteiger partial charge in [-0.15, -0.1) is 0 Å². The third-order valence-corrected chi connectivity index (χ3v) is 4.01. The van der Waals surface area contributed by atoms with Gasteiger partial charge in [-0.05, 0) is 18.6 Å². The maximum absolute atomic E-state index is 11.1. The highest BCUT2D eigenvalue weighted by Crippen LogP contribution is 2.28. The normalized spacial score (nSPS) is 26.6. The molecule has 6 nitrogen and oxygen atoms in total. The molecule has 98 valence electrons. The lowest BCUT2D eigenvalue weighted by Crippen LogP contribution is -2.43. The van der Waals surface area contributed by atoms with E-state index in [1.54, 1.807) is 12.3 Å². The lowest BCUT2D eigenvalue weighted by atomic mass is 10.2. The molecule has 1 aromatic heterocycles. The van der Waals surface area contributed by atoms with Crippen LogP contribution in [0.2, 0.25) is 0 Å². The molecule has 7 heteroatoms. The second kappa shape index (κ2) is 4.10. The van der Waals surface area contributed by atoms with Gasteiger partial charge in [-0.2, -0.15) is 0 Å². The van der Waals surface area contributed by atoms with Gasteiger partial charge in [0.15, 0.2) is 0 Å². The van der Waals surface area contributed by atoms with Gasteiger partial charge in [0, 0.05) is 25.2 Å². The van der Waals surface area contributed by atoms with E-state index in [4.69, 9.17) is 0 Å². The number of sulfonamides is 1. The van der Waals surface area contributed by atoms with Crippen LogP contribution in [-0.2, 0) is 10.0 Å². The van der Waals surface area contributed by atoms with Crippen LogP contribution >= 0.6 is 0 Å². The van der Waals surface area contributed by atoms with E-state index in [2.05, 4.69) is 19.9 Å². The highest BCUT2D eigenvalue weighted by atomic mass is 32.2. The zero-order valence-corrected chi connectivity index (χ0v) is 10.9. The molecular weight excluding hydrogens is 252 g/mol. The number of hydrogen-bond acceptors (Lipinski definition) is 5. The molecule has 0 unspecified atom stereocenters. The average Bonchev–Trinajstić information content (AvgIpc) is 2.89. The van der Waals surface area contributed by atoms with E-state index in [1.807, 2.05) is 6.07 Å². The van der Waals surface area contributed by atoms with Crippen molar-refractivity contribution in [2.45, 2.75) is 18.5 Å². The molecule has 2 aliphatic rings. The topological polar surface area (TPSA) is 74.3 Å². The van der Waals surface area contributed by atoms with Crippen LogP contribution in [-0.4, -0.2) is 44.8 Å². The van der Waals surface area contributed by atoms with Crippen LogP contribution in [0.4, 0.5) is 11.5 Å². The maximum Gasteiger partial charge on any atom is 0.229 e. The fraction of sp³-hybridized carbons (Fsp3) is 0.545. The molecule has 0 amide bonds. The van der Waals surface area contributed by atoms with E-state index in [-0.39, 0.29) is 0 Å². The smallest absolute Gasteiger partial charge is 0.229 e. The molecule has 1 aromatic rings. The predicted octanol–water partition coefficient (Wildman–Crippen LogP) is 0.00360. The van der Waals surface area contributed by atoms with Crippen molar-refractivity contribution in [2.24, 2.45) is 0 Å². The fourth-order valence-corrected chi connectivity index (χ4v) is 3.22. The Balaban J connectivity index is 1.75. The Labute approximate surface area is 106 Å². The molecule has 0 spiro atoms. The molecule has 3 rings (SSSR count). The Bertz CT molecular complexity index is 543. The van der Waals surface area contributed by atoms with E-state index in [1.165, 1.54) is 6.42 Å². The molecule has 2 aliphatic heterocycles. The number of nitrogens with zero attached hydrogens (tertiary/aromatic N) is 2. The molecule has 0 radical (unpaired) electrons. The van der Waals surface area contributed by atoms with Gasteiger partial charge >= 0.3 is 0 Å². The SMILES string of the molecule is CS(=O)(=O)Nc1ccc(N2C[C@@H]3C[C@H]2CN3)nc1. The van der Waals surface area contributed by atoms with Crippen molar-refractivity contribution in [1.82, 2.24) is 10.3 Å². The first kappa shape index (κ1) is 11.7. The number of aromatic nitrogens is 1. The average molecular weight is 268 g/mol. The van der Waals surface area contributed by atoms with Gasteiger partial charge in [-0.3, -0.25) is 4.72 Å². The largest absolute Gasteiger partial charge is 0.351 e. The molecule has 2 atom stereocenters. The van der Waals surface area contributed by atoms with Gasteiger partial charge in [-0.1, -0.05) is 0 Å². The first-order chi connectivity index (χ1) is 8.51. The number of fused-ring (bicyclic) bond motifs is 2. The van der Waals surface area contributed by atoms with Crippen molar-refractivity contribution in [1.29, 1.82) is 0 Å².